The first-order valence-electron chi connectivity index (χ1n) is 9.26. The first-order valence-corrected chi connectivity index (χ1v) is 9.26. The molecule has 1 amide bonds. The minimum absolute atomic E-state index is 0.103. The summed E-state index contributed by atoms with van der Waals surface area (Å²) in [5.74, 6) is 1.43. The lowest BCUT2D eigenvalue weighted by atomic mass is 10.1. The van der Waals surface area contributed by atoms with Crippen molar-refractivity contribution in [1.29, 1.82) is 0 Å². The van der Waals surface area contributed by atoms with Gasteiger partial charge in [-0.2, -0.15) is 0 Å². The summed E-state index contributed by atoms with van der Waals surface area (Å²) in [4.78, 5) is 12.4. The van der Waals surface area contributed by atoms with Crippen LogP contribution >= 0.6 is 0 Å². The molecule has 1 unspecified atom stereocenters. The fourth-order valence-electron chi connectivity index (χ4n) is 3.14. The molecule has 3 aromatic carbocycles. The van der Waals surface area contributed by atoms with E-state index >= 15 is 0 Å². The van der Waals surface area contributed by atoms with Gasteiger partial charge in [0, 0.05) is 5.39 Å². The summed E-state index contributed by atoms with van der Waals surface area (Å²) >= 11 is 0. The molecule has 4 aromatic rings. The van der Waals surface area contributed by atoms with Gasteiger partial charge < -0.3 is 14.5 Å². The second-order valence-corrected chi connectivity index (χ2v) is 6.64. The van der Waals surface area contributed by atoms with Gasteiger partial charge in [-0.25, -0.2) is 0 Å². The second kappa shape index (κ2) is 8.01. The Morgan fingerprint density at radius 2 is 1.68 bits per heavy atom. The quantitative estimate of drug-likeness (QED) is 0.487. The molecule has 1 heterocycles. The fraction of sp³-hybridized carbons (Fsp3) is 0.125. The van der Waals surface area contributed by atoms with E-state index in [0.29, 0.717) is 5.76 Å². The summed E-state index contributed by atoms with van der Waals surface area (Å²) < 4.78 is 11.6. The van der Waals surface area contributed by atoms with Gasteiger partial charge in [0.15, 0.2) is 5.76 Å². The van der Waals surface area contributed by atoms with E-state index in [1.165, 1.54) is 0 Å². The Labute approximate surface area is 163 Å². The number of carbonyl (C=O) groups excluding carboxylic acids is 1. The van der Waals surface area contributed by atoms with E-state index in [9.17, 15) is 4.79 Å². The van der Waals surface area contributed by atoms with Crippen molar-refractivity contribution in [3.05, 3.63) is 102 Å². The van der Waals surface area contributed by atoms with Crippen molar-refractivity contribution in [2.24, 2.45) is 0 Å². The maximum atomic E-state index is 12.4. The number of hydrogen-bond acceptors (Lipinski definition) is 3. The Kier molecular flexibility index (Phi) is 5.11. The zero-order valence-electron chi connectivity index (χ0n) is 15.6. The van der Waals surface area contributed by atoms with E-state index in [0.717, 1.165) is 22.1 Å². The molecule has 0 aliphatic carbocycles. The molecule has 1 atom stereocenters. The Morgan fingerprint density at radius 1 is 0.929 bits per heavy atom. The molecule has 0 saturated carbocycles. The highest BCUT2D eigenvalue weighted by Crippen LogP contribution is 2.26. The van der Waals surface area contributed by atoms with E-state index in [2.05, 4.69) is 5.32 Å². The normalized spacial score (nSPS) is 11.9. The van der Waals surface area contributed by atoms with Gasteiger partial charge in [0.2, 0.25) is 0 Å². The standard InChI is InChI=1S/C24H21NO3/c1-17(18-8-3-2-4-9-18)25-24(26)23-15-14-20(28-23)16-27-22-13-7-11-19-10-5-6-12-21(19)22/h2-15,17H,16H2,1H3,(H,25,26). The Morgan fingerprint density at radius 3 is 2.54 bits per heavy atom. The molecule has 0 aliphatic heterocycles. The highest BCUT2D eigenvalue weighted by Gasteiger charge is 2.15. The summed E-state index contributed by atoms with van der Waals surface area (Å²) in [6.07, 6.45) is 0. The number of amides is 1. The topological polar surface area (TPSA) is 51.5 Å². The zero-order chi connectivity index (χ0) is 19.3. The van der Waals surface area contributed by atoms with E-state index in [1.807, 2.05) is 79.7 Å². The van der Waals surface area contributed by atoms with Crippen molar-refractivity contribution in [3.63, 3.8) is 0 Å². The van der Waals surface area contributed by atoms with Crippen molar-refractivity contribution in [2.75, 3.05) is 0 Å². The van der Waals surface area contributed by atoms with Crippen molar-refractivity contribution in [1.82, 2.24) is 5.32 Å². The van der Waals surface area contributed by atoms with Crippen LogP contribution in [0.2, 0.25) is 0 Å². The maximum absolute atomic E-state index is 12.4. The summed E-state index contributed by atoms with van der Waals surface area (Å²) in [6, 6.07) is 27.2. The van der Waals surface area contributed by atoms with Gasteiger partial charge in [-0.15, -0.1) is 0 Å². The zero-order valence-corrected chi connectivity index (χ0v) is 15.6. The molecule has 0 fully saturated rings. The molecule has 4 rings (SSSR count). The minimum Gasteiger partial charge on any atom is -0.485 e. The van der Waals surface area contributed by atoms with Crippen LogP contribution in [0.3, 0.4) is 0 Å². The van der Waals surface area contributed by atoms with Crippen LogP contribution in [0.25, 0.3) is 10.8 Å². The summed E-state index contributed by atoms with van der Waals surface area (Å²) in [6.45, 7) is 2.20. The Hall–Kier alpha value is -3.53. The molecule has 0 spiro atoms. The number of furan rings is 1. The van der Waals surface area contributed by atoms with Crippen LogP contribution in [-0.4, -0.2) is 5.91 Å². The van der Waals surface area contributed by atoms with E-state index in [-0.39, 0.29) is 24.3 Å². The van der Waals surface area contributed by atoms with Gasteiger partial charge in [0.1, 0.15) is 18.1 Å². The van der Waals surface area contributed by atoms with Crippen LogP contribution in [0.15, 0.2) is 89.3 Å². The number of nitrogens with one attached hydrogen (secondary N) is 1. The summed E-state index contributed by atoms with van der Waals surface area (Å²) in [5, 5.41) is 5.12. The molecule has 1 N–H and O–H groups in total. The lowest BCUT2D eigenvalue weighted by molar-refractivity contribution is 0.0908. The molecule has 0 saturated heterocycles. The van der Waals surface area contributed by atoms with Gasteiger partial charge >= 0.3 is 0 Å². The number of rotatable bonds is 6. The summed E-state index contributed by atoms with van der Waals surface area (Å²) in [5.41, 5.74) is 1.04. The molecule has 1 aromatic heterocycles. The van der Waals surface area contributed by atoms with Gasteiger partial charge in [-0.3, -0.25) is 4.79 Å². The second-order valence-electron chi connectivity index (χ2n) is 6.64. The van der Waals surface area contributed by atoms with Gasteiger partial charge in [-0.1, -0.05) is 66.7 Å². The molecule has 28 heavy (non-hydrogen) atoms. The molecule has 0 radical (unpaired) electrons. The molecular formula is C24H21NO3. The predicted octanol–water partition coefficient (Wildman–Crippen LogP) is 5.50. The Balaban J connectivity index is 1.41. The third-order valence-electron chi connectivity index (χ3n) is 4.65. The third-order valence-corrected chi connectivity index (χ3v) is 4.65. The lowest BCUT2D eigenvalue weighted by Crippen LogP contribution is -2.26. The highest BCUT2D eigenvalue weighted by molar-refractivity contribution is 5.91. The van der Waals surface area contributed by atoms with Crippen LogP contribution in [0, 0.1) is 0 Å². The van der Waals surface area contributed by atoms with Crippen molar-refractivity contribution in [3.8, 4) is 5.75 Å². The first kappa shape index (κ1) is 17.9. The fourth-order valence-corrected chi connectivity index (χ4v) is 3.14. The third kappa shape index (κ3) is 3.91. The van der Waals surface area contributed by atoms with E-state index in [4.69, 9.17) is 9.15 Å². The molecule has 0 aliphatic rings. The molecule has 140 valence electrons. The minimum atomic E-state index is -0.243. The van der Waals surface area contributed by atoms with Crippen LogP contribution in [-0.2, 0) is 6.61 Å². The Bertz CT molecular complexity index is 1080. The first-order chi connectivity index (χ1) is 13.7. The van der Waals surface area contributed by atoms with E-state index in [1.54, 1.807) is 12.1 Å². The molecule has 4 heteroatoms. The smallest absolute Gasteiger partial charge is 0.287 e. The van der Waals surface area contributed by atoms with E-state index < -0.39 is 0 Å². The number of benzene rings is 3. The van der Waals surface area contributed by atoms with Crippen LogP contribution in [0.4, 0.5) is 0 Å². The molecule has 0 bridgehead atoms. The van der Waals surface area contributed by atoms with Crippen LogP contribution < -0.4 is 10.1 Å². The number of carbonyl (C=O) groups is 1. The van der Waals surface area contributed by atoms with Gasteiger partial charge in [-0.05, 0) is 36.1 Å². The molecular weight excluding hydrogens is 350 g/mol. The highest BCUT2D eigenvalue weighted by atomic mass is 16.5. The largest absolute Gasteiger partial charge is 0.485 e. The average molecular weight is 371 g/mol. The van der Waals surface area contributed by atoms with Crippen molar-refractivity contribution in [2.45, 2.75) is 19.6 Å². The average Bonchev–Trinajstić information content (AvgIpc) is 3.22. The van der Waals surface area contributed by atoms with Gasteiger partial charge in [0.05, 0.1) is 6.04 Å². The van der Waals surface area contributed by atoms with Crippen LogP contribution in [0.1, 0.15) is 34.8 Å². The lowest BCUT2D eigenvalue weighted by Gasteiger charge is -2.13. The van der Waals surface area contributed by atoms with Crippen LogP contribution in [0.5, 0.6) is 5.75 Å². The number of hydrogen-bond donors (Lipinski definition) is 1. The summed E-state index contributed by atoms with van der Waals surface area (Å²) in [7, 11) is 0. The number of fused-ring (bicyclic) bond motifs is 1. The predicted molar refractivity (Wildman–Crippen MR) is 109 cm³/mol. The number of ether oxygens (including phenoxy) is 1. The monoisotopic (exact) mass is 371 g/mol. The SMILES string of the molecule is CC(NC(=O)c1ccc(COc2cccc3ccccc23)o1)c1ccccc1. The maximum Gasteiger partial charge on any atom is 0.287 e. The van der Waals surface area contributed by atoms with Crippen molar-refractivity contribution < 1.29 is 13.9 Å². The molecule has 4 nitrogen and oxygen atoms in total. The van der Waals surface area contributed by atoms with Gasteiger partial charge in [0.25, 0.3) is 5.91 Å². The van der Waals surface area contributed by atoms with Crippen molar-refractivity contribution >= 4 is 16.7 Å².